The van der Waals surface area contributed by atoms with Crippen LogP contribution in [-0.2, 0) is 6.54 Å². The van der Waals surface area contributed by atoms with Crippen molar-refractivity contribution in [2.24, 2.45) is 0 Å². The number of unbranched alkanes of at least 4 members (excludes halogenated alkanes) is 2. The van der Waals surface area contributed by atoms with Gasteiger partial charge in [-0.1, -0.05) is 19.8 Å². The van der Waals surface area contributed by atoms with Crippen LogP contribution in [0.5, 0.6) is 11.5 Å². The van der Waals surface area contributed by atoms with Gasteiger partial charge in [-0.25, -0.2) is 0 Å². The molecule has 1 aliphatic rings. The molecule has 1 aromatic rings. The second-order valence-electron chi connectivity index (χ2n) is 4.49. The van der Waals surface area contributed by atoms with Gasteiger partial charge in [-0.05, 0) is 46.6 Å². The molecule has 2 rings (SSSR count). The van der Waals surface area contributed by atoms with Gasteiger partial charge >= 0.3 is 0 Å². The van der Waals surface area contributed by atoms with Crippen molar-refractivity contribution in [3.63, 3.8) is 0 Å². The van der Waals surface area contributed by atoms with Crippen molar-refractivity contribution < 1.29 is 9.47 Å². The Morgan fingerprint density at radius 2 is 2.06 bits per heavy atom. The standard InChI is InChI=1S/C14H20BrNO2/c1-2-3-4-5-16-10-11-8-12(15)14-13(9-11)17-6-7-18-14/h8-9,16H,2-7,10H2,1H3. The Hall–Kier alpha value is -0.740. The van der Waals surface area contributed by atoms with Crippen LogP contribution < -0.4 is 14.8 Å². The lowest BCUT2D eigenvalue weighted by molar-refractivity contribution is 0.170. The van der Waals surface area contributed by atoms with Crippen LogP contribution >= 0.6 is 15.9 Å². The summed E-state index contributed by atoms with van der Waals surface area (Å²) in [4.78, 5) is 0. The van der Waals surface area contributed by atoms with Gasteiger partial charge in [-0.3, -0.25) is 0 Å². The van der Waals surface area contributed by atoms with Crippen molar-refractivity contribution in [1.82, 2.24) is 5.32 Å². The molecule has 4 heteroatoms. The molecule has 0 unspecified atom stereocenters. The summed E-state index contributed by atoms with van der Waals surface area (Å²) in [5.74, 6) is 1.68. The summed E-state index contributed by atoms with van der Waals surface area (Å²) in [7, 11) is 0. The molecule has 1 aromatic carbocycles. The largest absolute Gasteiger partial charge is 0.486 e. The summed E-state index contributed by atoms with van der Waals surface area (Å²) < 4.78 is 12.2. The molecule has 0 atom stereocenters. The van der Waals surface area contributed by atoms with Crippen molar-refractivity contribution >= 4 is 15.9 Å². The molecule has 0 saturated carbocycles. The fourth-order valence-electron chi connectivity index (χ4n) is 2.00. The zero-order chi connectivity index (χ0) is 12.8. The highest BCUT2D eigenvalue weighted by molar-refractivity contribution is 9.10. The molecule has 1 aliphatic heterocycles. The lowest BCUT2D eigenvalue weighted by atomic mass is 10.2. The topological polar surface area (TPSA) is 30.5 Å². The number of fused-ring (bicyclic) bond motifs is 1. The molecule has 0 saturated heterocycles. The van der Waals surface area contributed by atoms with Crippen LogP contribution in [0.1, 0.15) is 31.7 Å². The number of benzene rings is 1. The van der Waals surface area contributed by atoms with Crippen LogP contribution in [-0.4, -0.2) is 19.8 Å². The van der Waals surface area contributed by atoms with Gasteiger partial charge in [-0.15, -0.1) is 0 Å². The van der Waals surface area contributed by atoms with Gasteiger partial charge < -0.3 is 14.8 Å². The van der Waals surface area contributed by atoms with Crippen molar-refractivity contribution in [3.8, 4) is 11.5 Å². The van der Waals surface area contributed by atoms with Crippen LogP contribution in [0.25, 0.3) is 0 Å². The molecule has 0 aliphatic carbocycles. The monoisotopic (exact) mass is 313 g/mol. The zero-order valence-electron chi connectivity index (χ0n) is 10.8. The molecule has 0 radical (unpaired) electrons. The number of hydrogen-bond acceptors (Lipinski definition) is 3. The van der Waals surface area contributed by atoms with E-state index in [9.17, 15) is 0 Å². The zero-order valence-corrected chi connectivity index (χ0v) is 12.4. The third-order valence-corrected chi connectivity index (χ3v) is 3.53. The first-order valence-electron chi connectivity index (χ1n) is 6.60. The van der Waals surface area contributed by atoms with Gasteiger partial charge in [0.05, 0.1) is 4.47 Å². The van der Waals surface area contributed by atoms with Gasteiger partial charge in [0.25, 0.3) is 0 Å². The molecule has 1 N–H and O–H groups in total. The third kappa shape index (κ3) is 3.62. The number of nitrogens with one attached hydrogen (secondary N) is 1. The molecular weight excluding hydrogens is 294 g/mol. The SMILES string of the molecule is CCCCCNCc1cc(Br)c2c(c1)OCCO2. The van der Waals surface area contributed by atoms with E-state index in [0.717, 1.165) is 29.1 Å². The molecule has 0 fully saturated rings. The summed E-state index contributed by atoms with van der Waals surface area (Å²) >= 11 is 3.53. The molecular formula is C14H20BrNO2. The average Bonchev–Trinajstić information content (AvgIpc) is 2.39. The lowest BCUT2D eigenvalue weighted by Gasteiger charge is -2.20. The Labute approximate surface area is 117 Å². The Morgan fingerprint density at radius 3 is 2.89 bits per heavy atom. The Kier molecular flexibility index (Phi) is 5.32. The first-order valence-corrected chi connectivity index (χ1v) is 7.39. The van der Waals surface area contributed by atoms with E-state index in [4.69, 9.17) is 9.47 Å². The first-order chi connectivity index (χ1) is 8.81. The van der Waals surface area contributed by atoms with Crippen LogP contribution in [0.15, 0.2) is 16.6 Å². The molecule has 18 heavy (non-hydrogen) atoms. The predicted molar refractivity (Wildman–Crippen MR) is 76.4 cm³/mol. The van der Waals surface area contributed by atoms with Gasteiger partial charge in [0, 0.05) is 6.54 Å². The number of ether oxygens (including phenoxy) is 2. The fourth-order valence-corrected chi connectivity index (χ4v) is 2.60. The van der Waals surface area contributed by atoms with E-state index in [2.05, 4.69) is 40.3 Å². The van der Waals surface area contributed by atoms with E-state index in [1.54, 1.807) is 0 Å². The Bertz CT molecular complexity index is 396. The number of rotatable bonds is 6. The van der Waals surface area contributed by atoms with Gasteiger partial charge in [0.1, 0.15) is 13.2 Å². The summed E-state index contributed by atoms with van der Waals surface area (Å²) in [5.41, 5.74) is 1.22. The Morgan fingerprint density at radius 1 is 1.22 bits per heavy atom. The lowest BCUT2D eigenvalue weighted by Crippen LogP contribution is -2.17. The molecule has 100 valence electrons. The minimum absolute atomic E-state index is 0.625. The van der Waals surface area contributed by atoms with Crippen molar-refractivity contribution in [1.29, 1.82) is 0 Å². The van der Waals surface area contributed by atoms with E-state index >= 15 is 0 Å². The second kappa shape index (κ2) is 7.00. The van der Waals surface area contributed by atoms with E-state index in [1.807, 2.05) is 0 Å². The first kappa shape index (κ1) is 13.7. The summed E-state index contributed by atoms with van der Waals surface area (Å²) in [6.07, 6.45) is 3.79. The maximum Gasteiger partial charge on any atom is 0.175 e. The van der Waals surface area contributed by atoms with Crippen molar-refractivity contribution in [3.05, 3.63) is 22.2 Å². The quantitative estimate of drug-likeness (QED) is 0.815. The highest BCUT2D eigenvalue weighted by atomic mass is 79.9. The van der Waals surface area contributed by atoms with Crippen LogP contribution in [0.4, 0.5) is 0 Å². The smallest absolute Gasteiger partial charge is 0.175 e. The van der Waals surface area contributed by atoms with Crippen molar-refractivity contribution in [2.45, 2.75) is 32.7 Å². The number of hydrogen-bond donors (Lipinski definition) is 1. The van der Waals surface area contributed by atoms with Gasteiger partial charge in [-0.2, -0.15) is 0 Å². The molecule has 1 heterocycles. The molecule has 0 aromatic heterocycles. The maximum atomic E-state index is 5.61. The van der Waals surface area contributed by atoms with Crippen LogP contribution in [0.2, 0.25) is 0 Å². The van der Waals surface area contributed by atoms with Crippen LogP contribution in [0.3, 0.4) is 0 Å². The molecule has 0 amide bonds. The molecule has 3 nitrogen and oxygen atoms in total. The van der Waals surface area contributed by atoms with E-state index in [-0.39, 0.29) is 0 Å². The maximum absolute atomic E-state index is 5.61. The average molecular weight is 314 g/mol. The summed E-state index contributed by atoms with van der Waals surface area (Å²) in [6, 6.07) is 4.16. The summed E-state index contributed by atoms with van der Waals surface area (Å²) in [5, 5.41) is 3.45. The van der Waals surface area contributed by atoms with Gasteiger partial charge in [0.15, 0.2) is 11.5 Å². The third-order valence-electron chi connectivity index (χ3n) is 2.94. The molecule has 0 spiro atoms. The van der Waals surface area contributed by atoms with Crippen LogP contribution in [0, 0.1) is 0 Å². The fraction of sp³-hybridized carbons (Fsp3) is 0.571. The van der Waals surface area contributed by atoms with E-state index < -0.39 is 0 Å². The van der Waals surface area contributed by atoms with E-state index in [1.165, 1.54) is 24.8 Å². The minimum atomic E-state index is 0.625. The number of halogens is 1. The van der Waals surface area contributed by atoms with Gasteiger partial charge in [0.2, 0.25) is 0 Å². The molecule has 0 bridgehead atoms. The van der Waals surface area contributed by atoms with E-state index in [0.29, 0.717) is 13.2 Å². The summed E-state index contributed by atoms with van der Waals surface area (Å²) in [6.45, 7) is 5.42. The highest BCUT2D eigenvalue weighted by Crippen LogP contribution is 2.38. The minimum Gasteiger partial charge on any atom is -0.486 e. The Balaban J connectivity index is 1.91. The van der Waals surface area contributed by atoms with Crippen molar-refractivity contribution in [2.75, 3.05) is 19.8 Å². The normalized spacial score (nSPS) is 13.7. The highest BCUT2D eigenvalue weighted by Gasteiger charge is 2.15. The second-order valence-corrected chi connectivity index (χ2v) is 5.34. The predicted octanol–water partition coefficient (Wildman–Crippen LogP) is 3.50.